The van der Waals surface area contributed by atoms with Crippen molar-refractivity contribution in [3.8, 4) is 22.5 Å². The second kappa shape index (κ2) is 16.8. The van der Waals surface area contributed by atoms with Crippen molar-refractivity contribution in [1.29, 1.82) is 0 Å². The topological polar surface area (TPSA) is 59.6 Å². The van der Waals surface area contributed by atoms with Crippen LogP contribution in [0.25, 0.3) is 33.1 Å². The smallest absolute Gasteiger partial charge is 0.668 e. The first-order valence-corrected chi connectivity index (χ1v) is 13.1. The predicted octanol–water partition coefficient (Wildman–Crippen LogP) is 7.65. The number of aromatic nitrogens is 2. The van der Waals surface area contributed by atoms with Crippen LogP contribution in [0, 0.1) is 41.5 Å². The maximum atomic E-state index is 4.94. The van der Waals surface area contributed by atoms with Gasteiger partial charge in [-0.2, -0.15) is 28.2 Å². The third-order valence-electron chi connectivity index (χ3n) is 6.13. The molecule has 2 heterocycles. The van der Waals surface area contributed by atoms with Crippen molar-refractivity contribution in [3.05, 3.63) is 104 Å². The Morgan fingerprint density at radius 3 is 1.13 bits per heavy atom. The zero-order valence-electron chi connectivity index (χ0n) is 25.8. The van der Waals surface area contributed by atoms with E-state index < -0.39 is 0 Å². The maximum Gasteiger partial charge on any atom is 4.00 e. The Bertz CT molecular complexity index is 1160. The molecule has 0 bridgehead atoms. The Balaban J connectivity index is 0.000000997. The molecule has 2 aromatic carbocycles. The third-order valence-corrected chi connectivity index (χ3v) is 6.13. The molecule has 5 nitrogen and oxygen atoms in total. The Kier molecular flexibility index (Phi) is 15.0. The average Bonchev–Trinajstić information content (AvgIpc) is 3.43. The van der Waals surface area contributed by atoms with Crippen LogP contribution in [0.3, 0.4) is 0 Å². The molecule has 0 aliphatic carbocycles. The van der Waals surface area contributed by atoms with Gasteiger partial charge in [-0.25, -0.2) is 0 Å². The van der Waals surface area contributed by atoms with Crippen LogP contribution in [0.15, 0.2) is 48.5 Å². The minimum atomic E-state index is 0. The summed E-state index contributed by atoms with van der Waals surface area (Å²) in [6.45, 7) is 14.6. The SMILES string of the molecule is C[N-]C.C[N-]C.Cc1cc(C)c(-c2ccc(CN(C)Cc3ccc(-c4c(C)cc(C)cc4C)[n-]3)[n-]2)c(C)c1.[Zr+4]. The van der Waals surface area contributed by atoms with Crippen molar-refractivity contribution >= 4 is 0 Å². The van der Waals surface area contributed by atoms with Crippen LogP contribution in [-0.4, -0.2) is 40.1 Å². The van der Waals surface area contributed by atoms with E-state index in [-0.39, 0.29) is 26.2 Å². The number of hydrogen-bond donors (Lipinski definition) is 0. The standard InChI is InChI=1S/C29H33N3.2C2H6N.Zr/c1-18-12-20(3)28(21(4)13-18)26-10-8-24(30-26)16-32(7)17-25-9-11-27(31-25)29-22(5)14-19(2)15-23(29)6;2*1-3-2;/h8-15H,16-17H2,1-7H3;2*1-2H3;/q-2;2*-1;+4. The normalized spacial score (nSPS) is 10.4. The molecular weight excluding hydrogens is 558 g/mol. The summed E-state index contributed by atoms with van der Waals surface area (Å²) in [7, 11) is 9.13. The second-order valence-electron chi connectivity index (χ2n) is 10.3. The maximum absolute atomic E-state index is 4.94. The quantitative estimate of drug-likeness (QED) is 0.228. The summed E-state index contributed by atoms with van der Waals surface area (Å²) >= 11 is 0. The van der Waals surface area contributed by atoms with E-state index in [9.17, 15) is 0 Å². The van der Waals surface area contributed by atoms with E-state index in [0.717, 1.165) is 35.9 Å². The molecule has 0 aliphatic heterocycles. The molecule has 206 valence electrons. The molecule has 6 heteroatoms. The fraction of sp³-hybridized carbons (Fsp3) is 0.394. The largest absolute Gasteiger partial charge is 4.00 e. The summed E-state index contributed by atoms with van der Waals surface area (Å²) in [4.78, 5) is 12.2. The second-order valence-corrected chi connectivity index (χ2v) is 10.3. The monoisotopic (exact) mass is 601 g/mol. The molecule has 0 aliphatic rings. The molecular formula is C33H45N5Zr. The summed E-state index contributed by atoms with van der Waals surface area (Å²) in [5.74, 6) is 0. The summed E-state index contributed by atoms with van der Waals surface area (Å²) in [5, 5.41) is 7.00. The number of nitrogens with zero attached hydrogens (tertiary/aromatic N) is 5. The molecule has 4 aromatic rings. The van der Waals surface area contributed by atoms with Crippen LogP contribution >= 0.6 is 0 Å². The van der Waals surface area contributed by atoms with E-state index in [4.69, 9.17) is 9.97 Å². The van der Waals surface area contributed by atoms with Gasteiger partial charge >= 0.3 is 26.2 Å². The van der Waals surface area contributed by atoms with Crippen LogP contribution in [0.1, 0.15) is 44.8 Å². The van der Waals surface area contributed by atoms with Gasteiger partial charge in [-0.3, -0.25) is 0 Å². The van der Waals surface area contributed by atoms with E-state index in [1.54, 1.807) is 28.2 Å². The van der Waals surface area contributed by atoms with Gasteiger partial charge in [-0.15, -0.1) is 22.8 Å². The van der Waals surface area contributed by atoms with Crippen molar-refractivity contribution in [1.82, 2.24) is 14.9 Å². The fourth-order valence-corrected chi connectivity index (χ4v) is 5.04. The molecule has 2 aromatic heterocycles. The van der Waals surface area contributed by atoms with Gasteiger partial charge in [0.1, 0.15) is 0 Å². The van der Waals surface area contributed by atoms with Crippen LogP contribution in [-0.2, 0) is 39.3 Å². The summed E-state index contributed by atoms with van der Waals surface area (Å²) in [6, 6.07) is 17.5. The van der Waals surface area contributed by atoms with Gasteiger partial charge in [-0.1, -0.05) is 59.7 Å². The van der Waals surface area contributed by atoms with E-state index in [0.29, 0.717) is 0 Å². The predicted molar refractivity (Wildman–Crippen MR) is 164 cm³/mol. The van der Waals surface area contributed by atoms with Gasteiger partial charge in [0.25, 0.3) is 0 Å². The van der Waals surface area contributed by atoms with Crippen LogP contribution in [0.2, 0.25) is 0 Å². The van der Waals surface area contributed by atoms with E-state index in [1.165, 1.54) is 44.5 Å². The van der Waals surface area contributed by atoms with E-state index >= 15 is 0 Å². The fourth-order valence-electron chi connectivity index (χ4n) is 5.04. The molecule has 0 fully saturated rings. The summed E-state index contributed by atoms with van der Waals surface area (Å²) < 4.78 is 0. The Labute approximate surface area is 256 Å². The van der Waals surface area contributed by atoms with Crippen molar-refractivity contribution in [2.45, 2.75) is 54.6 Å². The van der Waals surface area contributed by atoms with Gasteiger partial charge in [-0.05, 0) is 82.0 Å². The first-order valence-electron chi connectivity index (χ1n) is 13.1. The first-order chi connectivity index (χ1) is 18.0. The van der Waals surface area contributed by atoms with Crippen LogP contribution in [0.5, 0.6) is 0 Å². The molecule has 0 atom stereocenters. The van der Waals surface area contributed by atoms with Gasteiger partial charge in [0.15, 0.2) is 0 Å². The number of rotatable bonds is 6. The molecule has 0 radical (unpaired) electrons. The van der Waals surface area contributed by atoms with Crippen LogP contribution < -0.4 is 9.97 Å². The molecule has 0 N–H and O–H groups in total. The van der Waals surface area contributed by atoms with Gasteiger partial charge in [0, 0.05) is 13.1 Å². The van der Waals surface area contributed by atoms with Crippen molar-refractivity contribution in [3.63, 3.8) is 0 Å². The number of aryl methyl sites for hydroxylation is 6. The molecule has 0 unspecified atom stereocenters. The summed E-state index contributed by atoms with van der Waals surface area (Å²) in [6.07, 6.45) is 0. The van der Waals surface area contributed by atoms with Crippen molar-refractivity contribution < 1.29 is 26.2 Å². The first kappa shape index (κ1) is 34.8. The zero-order valence-corrected chi connectivity index (χ0v) is 28.2. The molecule has 0 spiro atoms. The summed E-state index contributed by atoms with van der Waals surface area (Å²) in [5.41, 5.74) is 14.6. The number of hydrogen-bond acceptors (Lipinski definition) is 1. The Hall–Kier alpha value is -2.24. The third kappa shape index (κ3) is 10.0. The van der Waals surface area contributed by atoms with Crippen LogP contribution in [0.4, 0.5) is 0 Å². The van der Waals surface area contributed by atoms with Crippen molar-refractivity contribution in [2.75, 3.05) is 35.2 Å². The molecule has 4 rings (SSSR count). The van der Waals surface area contributed by atoms with E-state index in [2.05, 4.69) is 113 Å². The number of benzene rings is 2. The van der Waals surface area contributed by atoms with Gasteiger partial charge in [0.2, 0.25) is 0 Å². The average molecular weight is 603 g/mol. The molecule has 0 amide bonds. The minimum absolute atomic E-state index is 0. The Morgan fingerprint density at radius 2 is 0.846 bits per heavy atom. The molecule has 0 saturated heterocycles. The van der Waals surface area contributed by atoms with Gasteiger partial charge in [0.05, 0.1) is 0 Å². The minimum Gasteiger partial charge on any atom is -0.668 e. The van der Waals surface area contributed by atoms with Gasteiger partial charge < -0.3 is 25.5 Å². The van der Waals surface area contributed by atoms with E-state index in [1.807, 2.05) is 0 Å². The Morgan fingerprint density at radius 1 is 0.564 bits per heavy atom. The zero-order chi connectivity index (χ0) is 28.4. The molecule has 39 heavy (non-hydrogen) atoms. The van der Waals surface area contributed by atoms with Crippen molar-refractivity contribution in [2.24, 2.45) is 0 Å². The molecule has 0 saturated carbocycles.